The minimum atomic E-state index is -3.93. The molecule has 1 aromatic rings. The molecule has 2 aliphatic rings. The van der Waals surface area contributed by atoms with Crippen LogP contribution < -0.4 is 10.8 Å². The van der Waals surface area contributed by atoms with Gasteiger partial charge < -0.3 is 15.2 Å². The lowest BCUT2D eigenvalue weighted by Crippen LogP contribution is -2.67. The van der Waals surface area contributed by atoms with Crippen molar-refractivity contribution in [3.8, 4) is 0 Å². The van der Waals surface area contributed by atoms with Gasteiger partial charge in [0.15, 0.2) is 5.60 Å². The van der Waals surface area contributed by atoms with E-state index in [-0.39, 0.29) is 32.2 Å². The first-order valence-corrected chi connectivity index (χ1v) is 11.3. The maximum atomic E-state index is 13.1. The Morgan fingerprint density at radius 2 is 1.93 bits per heavy atom. The number of hydrogen-bond acceptors (Lipinski definition) is 7. The molecule has 2 fully saturated rings. The molecule has 0 radical (unpaired) electrons. The van der Waals surface area contributed by atoms with E-state index in [4.69, 9.17) is 9.94 Å². The topological polar surface area (TPSA) is 128 Å². The second kappa shape index (κ2) is 9.07. The summed E-state index contributed by atoms with van der Waals surface area (Å²) >= 11 is 0. The molecule has 2 unspecified atom stereocenters. The molecule has 162 valence electrons. The molecule has 3 rings (SSSR count). The number of carbonyl (C=O) groups excluding carboxylic acids is 1. The summed E-state index contributed by atoms with van der Waals surface area (Å²) in [5.74, 6) is -1.12. The number of β-amino-alcohol motifs (C(OH)–C–C–N with tert-alkyl or cyclic N) is 1. The Morgan fingerprint density at radius 1 is 1.28 bits per heavy atom. The summed E-state index contributed by atoms with van der Waals surface area (Å²) in [5, 5.41) is 21.1. The molecular weight excluding hydrogens is 398 g/mol. The number of ether oxygens (including phenoxy) is 1. The van der Waals surface area contributed by atoms with Gasteiger partial charge in [0.2, 0.25) is 10.0 Å². The van der Waals surface area contributed by atoms with Crippen molar-refractivity contribution in [1.82, 2.24) is 15.1 Å². The first kappa shape index (κ1) is 22.1. The van der Waals surface area contributed by atoms with Crippen LogP contribution in [0.25, 0.3) is 0 Å². The van der Waals surface area contributed by atoms with Gasteiger partial charge in [0.1, 0.15) is 5.25 Å². The standard InChI is InChI=1S/C19H29N3O6S/c1-14-2-4-15(5-3-14)12-28-16-7-10-22(11-8-16)29(26,27)17-6-9-20-13-19(17,24)18(23)21-25/h2-5,16-17,20,24-25H,6-13H2,1H3,(H,21,23). The zero-order valence-electron chi connectivity index (χ0n) is 16.5. The highest BCUT2D eigenvalue weighted by Gasteiger charge is 2.53. The van der Waals surface area contributed by atoms with Crippen LogP contribution in [0.3, 0.4) is 0 Å². The van der Waals surface area contributed by atoms with E-state index in [0.29, 0.717) is 26.0 Å². The van der Waals surface area contributed by atoms with Gasteiger partial charge in [-0.15, -0.1) is 0 Å². The summed E-state index contributed by atoms with van der Waals surface area (Å²) in [6, 6.07) is 8.07. The van der Waals surface area contributed by atoms with Crippen LogP contribution in [0.4, 0.5) is 0 Å². The summed E-state index contributed by atoms with van der Waals surface area (Å²) < 4.78 is 33.5. The largest absolute Gasteiger partial charge is 0.377 e. The number of hydroxylamine groups is 1. The number of nitrogens with one attached hydrogen (secondary N) is 2. The van der Waals surface area contributed by atoms with Crippen molar-refractivity contribution in [3.05, 3.63) is 35.4 Å². The molecule has 10 heteroatoms. The fourth-order valence-corrected chi connectivity index (χ4v) is 6.09. The number of aliphatic hydroxyl groups is 1. The van der Waals surface area contributed by atoms with E-state index in [2.05, 4.69) is 5.32 Å². The summed E-state index contributed by atoms with van der Waals surface area (Å²) in [6.07, 6.45) is 1.12. The van der Waals surface area contributed by atoms with Gasteiger partial charge in [0.05, 0.1) is 12.7 Å². The average Bonchev–Trinajstić information content (AvgIpc) is 2.73. The molecule has 0 saturated carbocycles. The molecule has 2 saturated heterocycles. The first-order valence-electron chi connectivity index (χ1n) is 9.81. The van der Waals surface area contributed by atoms with E-state index < -0.39 is 26.8 Å². The van der Waals surface area contributed by atoms with E-state index in [1.807, 2.05) is 31.2 Å². The molecular formula is C19H29N3O6S. The molecule has 2 aliphatic heterocycles. The average molecular weight is 428 g/mol. The van der Waals surface area contributed by atoms with E-state index in [1.165, 1.54) is 15.3 Å². The molecule has 4 N–H and O–H groups in total. The zero-order valence-corrected chi connectivity index (χ0v) is 17.3. The predicted molar refractivity (Wildman–Crippen MR) is 106 cm³/mol. The molecule has 0 aliphatic carbocycles. The Hall–Kier alpha value is -1.56. The second-order valence-corrected chi connectivity index (χ2v) is 9.87. The fourth-order valence-electron chi connectivity index (χ4n) is 3.91. The van der Waals surface area contributed by atoms with Crippen LogP contribution in [-0.4, -0.2) is 72.1 Å². The van der Waals surface area contributed by atoms with E-state index in [0.717, 1.165) is 5.56 Å². The number of rotatable bonds is 6. The number of aryl methyl sites for hydroxylation is 1. The third-order valence-corrected chi connectivity index (χ3v) is 8.16. The number of carbonyl (C=O) groups is 1. The Labute approximate surface area is 171 Å². The SMILES string of the molecule is Cc1ccc(COC2CCN(S(=O)(=O)C3CCNCC3(O)C(=O)NO)CC2)cc1. The molecule has 1 aromatic carbocycles. The number of piperidine rings is 2. The minimum Gasteiger partial charge on any atom is -0.377 e. The molecule has 2 atom stereocenters. The quantitative estimate of drug-likeness (QED) is 0.369. The van der Waals surface area contributed by atoms with Crippen molar-refractivity contribution < 1.29 is 28.3 Å². The smallest absolute Gasteiger partial charge is 0.278 e. The van der Waals surface area contributed by atoms with Crippen molar-refractivity contribution >= 4 is 15.9 Å². The van der Waals surface area contributed by atoms with Crippen LogP contribution in [0.2, 0.25) is 0 Å². The monoisotopic (exact) mass is 427 g/mol. The minimum absolute atomic E-state index is 0.0459. The zero-order chi connectivity index (χ0) is 21.1. The van der Waals surface area contributed by atoms with Crippen molar-refractivity contribution in [2.75, 3.05) is 26.2 Å². The second-order valence-electron chi connectivity index (χ2n) is 7.76. The van der Waals surface area contributed by atoms with E-state index in [9.17, 15) is 18.3 Å². The van der Waals surface area contributed by atoms with Crippen LogP contribution in [0.1, 0.15) is 30.4 Å². The van der Waals surface area contributed by atoms with Crippen molar-refractivity contribution in [2.24, 2.45) is 0 Å². The summed E-state index contributed by atoms with van der Waals surface area (Å²) in [6.45, 7) is 3.15. The maximum Gasteiger partial charge on any atom is 0.278 e. The molecule has 0 bridgehead atoms. The van der Waals surface area contributed by atoms with Gasteiger partial charge in [-0.3, -0.25) is 10.0 Å². The number of nitrogens with zero attached hydrogens (tertiary/aromatic N) is 1. The fraction of sp³-hybridized carbons (Fsp3) is 0.632. The highest BCUT2D eigenvalue weighted by Crippen LogP contribution is 2.29. The van der Waals surface area contributed by atoms with Gasteiger partial charge in [-0.1, -0.05) is 29.8 Å². The predicted octanol–water partition coefficient (Wildman–Crippen LogP) is -0.0958. The van der Waals surface area contributed by atoms with E-state index >= 15 is 0 Å². The van der Waals surface area contributed by atoms with Crippen LogP contribution in [0.5, 0.6) is 0 Å². The Kier molecular flexibility index (Phi) is 6.92. The number of sulfonamides is 1. The summed E-state index contributed by atoms with van der Waals surface area (Å²) in [7, 11) is -3.93. The van der Waals surface area contributed by atoms with Gasteiger partial charge in [0.25, 0.3) is 5.91 Å². The third-order valence-electron chi connectivity index (χ3n) is 5.73. The highest BCUT2D eigenvalue weighted by atomic mass is 32.2. The van der Waals surface area contributed by atoms with Gasteiger partial charge in [-0.2, -0.15) is 0 Å². The lowest BCUT2D eigenvalue weighted by atomic mass is 9.93. The lowest BCUT2D eigenvalue weighted by Gasteiger charge is -2.41. The Bertz CT molecular complexity index is 808. The molecule has 2 heterocycles. The number of hydrogen-bond donors (Lipinski definition) is 4. The van der Waals surface area contributed by atoms with Gasteiger partial charge in [-0.05, 0) is 38.3 Å². The third kappa shape index (κ3) is 4.79. The van der Waals surface area contributed by atoms with Crippen LogP contribution in [-0.2, 0) is 26.2 Å². The molecule has 0 aromatic heterocycles. The van der Waals surface area contributed by atoms with Crippen molar-refractivity contribution in [1.29, 1.82) is 0 Å². The van der Waals surface area contributed by atoms with Crippen LogP contribution in [0, 0.1) is 6.92 Å². The van der Waals surface area contributed by atoms with E-state index in [1.54, 1.807) is 0 Å². The molecule has 9 nitrogen and oxygen atoms in total. The van der Waals surface area contributed by atoms with Crippen LogP contribution >= 0.6 is 0 Å². The maximum absolute atomic E-state index is 13.1. The van der Waals surface area contributed by atoms with Crippen molar-refractivity contribution in [3.63, 3.8) is 0 Å². The number of amides is 1. The summed E-state index contributed by atoms with van der Waals surface area (Å²) in [4.78, 5) is 12.0. The Balaban J connectivity index is 1.60. The normalized spacial score (nSPS) is 26.9. The highest BCUT2D eigenvalue weighted by molar-refractivity contribution is 7.89. The lowest BCUT2D eigenvalue weighted by molar-refractivity contribution is -0.150. The van der Waals surface area contributed by atoms with Gasteiger partial charge in [0, 0.05) is 19.6 Å². The molecule has 29 heavy (non-hydrogen) atoms. The molecule has 0 spiro atoms. The van der Waals surface area contributed by atoms with Crippen LogP contribution in [0.15, 0.2) is 24.3 Å². The molecule has 1 amide bonds. The first-order chi connectivity index (χ1) is 13.8. The number of benzene rings is 1. The summed E-state index contributed by atoms with van der Waals surface area (Å²) in [5.41, 5.74) is 1.42. The Morgan fingerprint density at radius 3 is 2.55 bits per heavy atom. The van der Waals surface area contributed by atoms with Crippen molar-refractivity contribution in [2.45, 2.75) is 49.7 Å². The van der Waals surface area contributed by atoms with Gasteiger partial charge in [-0.25, -0.2) is 18.2 Å². The van der Waals surface area contributed by atoms with Gasteiger partial charge >= 0.3 is 0 Å².